The summed E-state index contributed by atoms with van der Waals surface area (Å²) >= 11 is 6.40. The van der Waals surface area contributed by atoms with Crippen molar-refractivity contribution in [2.45, 2.75) is 45.9 Å². The van der Waals surface area contributed by atoms with Crippen LogP contribution in [0.4, 0.5) is 10.8 Å². The molecule has 0 saturated heterocycles. The number of halogens is 1. The summed E-state index contributed by atoms with van der Waals surface area (Å²) < 4.78 is 5.64. The molecule has 2 amide bonds. The average molecular weight is 639 g/mol. The van der Waals surface area contributed by atoms with E-state index >= 15 is 0 Å². The number of rotatable bonds is 12. The lowest BCUT2D eigenvalue weighted by molar-refractivity contribution is -0.132. The zero-order chi connectivity index (χ0) is 32.6. The summed E-state index contributed by atoms with van der Waals surface area (Å²) in [7, 11) is 0. The van der Waals surface area contributed by atoms with E-state index in [2.05, 4.69) is 10.3 Å². The normalized spacial score (nSPS) is 11.6. The Hall–Kier alpha value is -5.15. The molecule has 0 bridgehead atoms. The lowest BCUT2D eigenvalue weighted by atomic mass is 10.0. The van der Waals surface area contributed by atoms with Crippen LogP contribution in [0.2, 0.25) is 5.02 Å². The van der Waals surface area contributed by atoms with Crippen molar-refractivity contribution in [1.82, 2.24) is 14.8 Å². The standard InChI is InChI=1S/C36H35ClN4O5/c1-3-40(23-28-16-10-11-17-29(28)37)33(42)31(20-25-12-6-4-7-13-25)39-35-38-30-19-18-27(24(2)32(30)34(43)46-35)22-41(36(44)45)21-26-14-8-5-9-15-26/h4-19,31H,3,20-23H2,1-2H3,(H,38,39)(H,44,45)/t31-/m0/s1. The summed E-state index contributed by atoms with van der Waals surface area (Å²) in [6, 6.07) is 28.8. The summed E-state index contributed by atoms with van der Waals surface area (Å²) in [5, 5.41) is 13.8. The fourth-order valence-corrected chi connectivity index (χ4v) is 5.59. The van der Waals surface area contributed by atoms with Crippen molar-refractivity contribution in [2.24, 2.45) is 0 Å². The Kier molecular flexibility index (Phi) is 10.3. The van der Waals surface area contributed by atoms with Crippen molar-refractivity contribution >= 4 is 40.5 Å². The SMILES string of the molecule is CCN(Cc1ccccc1Cl)C(=O)[C@H](Cc1ccccc1)Nc1nc2ccc(CN(Cc3ccccc3)C(=O)O)c(C)c2c(=O)o1. The minimum atomic E-state index is -1.07. The van der Waals surface area contributed by atoms with Gasteiger partial charge in [0.15, 0.2) is 0 Å². The van der Waals surface area contributed by atoms with Crippen LogP contribution in [0.5, 0.6) is 0 Å². The largest absolute Gasteiger partial charge is 0.465 e. The zero-order valence-electron chi connectivity index (χ0n) is 25.7. The second-order valence-corrected chi connectivity index (χ2v) is 11.4. The molecular formula is C36H35ClN4O5. The molecule has 4 aromatic carbocycles. The highest BCUT2D eigenvalue weighted by Crippen LogP contribution is 2.23. The molecule has 5 aromatic rings. The van der Waals surface area contributed by atoms with Crippen LogP contribution in [0.15, 0.2) is 106 Å². The molecule has 1 atom stereocenters. The van der Waals surface area contributed by atoms with Gasteiger partial charge in [-0.25, -0.2) is 9.59 Å². The van der Waals surface area contributed by atoms with Crippen LogP contribution >= 0.6 is 11.6 Å². The summed E-state index contributed by atoms with van der Waals surface area (Å²) in [4.78, 5) is 46.9. The van der Waals surface area contributed by atoms with Gasteiger partial charge in [-0.15, -0.1) is 0 Å². The molecule has 0 aliphatic rings. The number of hydrogen-bond acceptors (Lipinski definition) is 6. The van der Waals surface area contributed by atoms with E-state index in [1.165, 1.54) is 4.90 Å². The zero-order valence-corrected chi connectivity index (χ0v) is 26.4. The number of carbonyl (C=O) groups excluding carboxylic acids is 1. The Labute approximate surface area is 272 Å². The lowest BCUT2D eigenvalue weighted by Crippen LogP contribution is -2.44. The number of amides is 2. The molecule has 0 saturated carbocycles. The van der Waals surface area contributed by atoms with Gasteiger partial charge in [0, 0.05) is 37.6 Å². The van der Waals surface area contributed by atoms with Crippen molar-refractivity contribution < 1.29 is 19.1 Å². The first-order chi connectivity index (χ1) is 22.2. The van der Waals surface area contributed by atoms with Crippen LogP contribution < -0.4 is 10.9 Å². The number of nitrogens with one attached hydrogen (secondary N) is 1. The third kappa shape index (κ3) is 7.73. The Morgan fingerprint density at radius 1 is 0.848 bits per heavy atom. The quantitative estimate of drug-likeness (QED) is 0.153. The third-order valence-corrected chi connectivity index (χ3v) is 8.28. The molecule has 0 unspecified atom stereocenters. The van der Waals surface area contributed by atoms with Crippen molar-refractivity contribution in [3.05, 3.63) is 140 Å². The van der Waals surface area contributed by atoms with Gasteiger partial charge in [-0.3, -0.25) is 9.69 Å². The van der Waals surface area contributed by atoms with E-state index in [1.807, 2.05) is 85.8 Å². The summed E-state index contributed by atoms with van der Waals surface area (Å²) in [5.74, 6) is -0.200. The maximum Gasteiger partial charge on any atom is 0.407 e. The molecule has 46 heavy (non-hydrogen) atoms. The van der Waals surface area contributed by atoms with Crippen LogP contribution in [0.1, 0.15) is 34.7 Å². The molecule has 9 nitrogen and oxygen atoms in total. The number of aromatic nitrogens is 1. The number of carbonyl (C=O) groups is 2. The van der Waals surface area contributed by atoms with Crippen molar-refractivity contribution in [2.75, 3.05) is 11.9 Å². The predicted molar refractivity (Wildman–Crippen MR) is 179 cm³/mol. The van der Waals surface area contributed by atoms with E-state index < -0.39 is 17.8 Å². The second kappa shape index (κ2) is 14.8. The van der Waals surface area contributed by atoms with Crippen molar-refractivity contribution in [3.8, 4) is 0 Å². The first-order valence-corrected chi connectivity index (χ1v) is 15.4. The maximum absolute atomic E-state index is 14.0. The Balaban J connectivity index is 1.42. The number of fused-ring (bicyclic) bond motifs is 1. The minimum absolute atomic E-state index is 0.0797. The van der Waals surface area contributed by atoms with Crippen LogP contribution in [0.25, 0.3) is 10.9 Å². The van der Waals surface area contributed by atoms with E-state index in [0.29, 0.717) is 41.2 Å². The molecule has 0 radical (unpaired) electrons. The van der Waals surface area contributed by atoms with Gasteiger partial charge in [0.2, 0.25) is 5.91 Å². The smallest absolute Gasteiger partial charge is 0.407 e. The van der Waals surface area contributed by atoms with Gasteiger partial charge in [-0.05, 0) is 53.8 Å². The molecule has 1 heterocycles. The van der Waals surface area contributed by atoms with Gasteiger partial charge in [0.25, 0.3) is 6.01 Å². The number of nitrogens with zero attached hydrogens (tertiary/aromatic N) is 3. The fourth-order valence-electron chi connectivity index (χ4n) is 5.39. The third-order valence-electron chi connectivity index (χ3n) is 7.91. The van der Waals surface area contributed by atoms with E-state index in [1.54, 1.807) is 30.0 Å². The highest BCUT2D eigenvalue weighted by molar-refractivity contribution is 6.31. The molecule has 0 aliphatic heterocycles. The lowest BCUT2D eigenvalue weighted by Gasteiger charge is -2.27. The van der Waals surface area contributed by atoms with Crippen molar-refractivity contribution in [3.63, 3.8) is 0 Å². The average Bonchev–Trinajstić information content (AvgIpc) is 3.05. The highest BCUT2D eigenvalue weighted by atomic mass is 35.5. The van der Waals surface area contributed by atoms with E-state index in [0.717, 1.165) is 16.7 Å². The second-order valence-electron chi connectivity index (χ2n) is 11.0. The summed E-state index contributed by atoms with van der Waals surface area (Å²) in [6.07, 6.45) is -0.746. The number of hydrogen-bond donors (Lipinski definition) is 2. The summed E-state index contributed by atoms with van der Waals surface area (Å²) in [5.41, 5.74) is 3.59. The molecular weight excluding hydrogens is 604 g/mol. The van der Waals surface area contributed by atoms with Gasteiger partial charge in [0.1, 0.15) is 6.04 Å². The first-order valence-electron chi connectivity index (χ1n) is 15.0. The van der Waals surface area contributed by atoms with Crippen LogP contribution in [0.3, 0.4) is 0 Å². The summed E-state index contributed by atoms with van der Waals surface area (Å²) in [6.45, 7) is 4.68. The molecule has 0 aliphatic carbocycles. The number of anilines is 1. The molecule has 10 heteroatoms. The van der Waals surface area contributed by atoms with Gasteiger partial charge < -0.3 is 19.7 Å². The Bertz CT molecular complexity index is 1880. The number of aryl methyl sites for hydroxylation is 1. The van der Waals surface area contributed by atoms with Gasteiger partial charge >= 0.3 is 11.7 Å². The fraction of sp³-hybridized carbons (Fsp3) is 0.222. The minimum Gasteiger partial charge on any atom is -0.465 e. The van der Waals surface area contributed by atoms with Gasteiger partial charge in [-0.2, -0.15) is 4.98 Å². The van der Waals surface area contributed by atoms with Crippen LogP contribution in [0, 0.1) is 6.92 Å². The monoisotopic (exact) mass is 638 g/mol. The van der Waals surface area contributed by atoms with E-state index in [4.69, 9.17) is 16.0 Å². The molecule has 5 rings (SSSR count). The first kappa shape index (κ1) is 32.2. The highest BCUT2D eigenvalue weighted by Gasteiger charge is 2.27. The Morgan fingerprint density at radius 2 is 1.48 bits per heavy atom. The van der Waals surface area contributed by atoms with Gasteiger partial charge in [-0.1, -0.05) is 96.5 Å². The van der Waals surface area contributed by atoms with Crippen LogP contribution in [-0.4, -0.2) is 44.5 Å². The number of benzene rings is 4. The predicted octanol–water partition coefficient (Wildman–Crippen LogP) is 6.90. The van der Waals surface area contributed by atoms with Gasteiger partial charge in [0.05, 0.1) is 10.9 Å². The maximum atomic E-state index is 14.0. The van der Waals surface area contributed by atoms with E-state index in [-0.39, 0.29) is 30.4 Å². The Morgan fingerprint density at radius 3 is 2.13 bits per heavy atom. The number of carboxylic acid groups (broad SMARTS) is 1. The molecule has 1 aromatic heterocycles. The topological polar surface area (TPSA) is 116 Å². The van der Waals surface area contributed by atoms with E-state index in [9.17, 15) is 19.5 Å². The molecule has 0 fully saturated rings. The molecule has 2 N–H and O–H groups in total. The number of likely N-dealkylation sites (N-methyl/N-ethyl adjacent to an activating group) is 1. The molecule has 236 valence electrons. The van der Waals surface area contributed by atoms with Crippen LogP contribution in [-0.2, 0) is 30.8 Å². The van der Waals surface area contributed by atoms with Crippen molar-refractivity contribution in [1.29, 1.82) is 0 Å². The molecule has 0 spiro atoms.